The molecule has 0 aliphatic rings. The molecule has 1 heterocycles. The van der Waals surface area contributed by atoms with Crippen molar-refractivity contribution in [3.05, 3.63) is 5.56 Å². The molecule has 1 aromatic heterocycles. The highest BCUT2D eigenvalue weighted by Gasteiger charge is 2.12. The predicted molar refractivity (Wildman–Crippen MR) is 56.5 cm³/mol. The van der Waals surface area contributed by atoms with Gasteiger partial charge in [-0.1, -0.05) is 0 Å². The summed E-state index contributed by atoms with van der Waals surface area (Å²) in [5.74, 6) is 0.666. The van der Waals surface area contributed by atoms with Crippen molar-refractivity contribution in [2.75, 3.05) is 18.2 Å². The summed E-state index contributed by atoms with van der Waals surface area (Å²) in [5, 5.41) is 11.8. The molecule has 6 nitrogen and oxygen atoms in total. The number of nitrogens with two attached hydrogens (primary N) is 1. The highest BCUT2D eigenvalue weighted by atomic mass is 16.5. The zero-order valence-electron chi connectivity index (χ0n) is 8.90. The maximum Gasteiger partial charge on any atom is 0.238 e. The van der Waals surface area contributed by atoms with Gasteiger partial charge in [-0.25, -0.2) is 0 Å². The molecule has 1 aromatic rings. The first-order valence-electron chi connectivity index (χ1n) is 4.46. The fourth-order valence-electron chi connectivity index (χ4n) is 1.03. The van der Waals surface area contributed by atoms with Crippen LogP contribution in [-0.2, 0) is 0 Å². The van der Waals surface area contributed by atoms with E-state index in [1.807, 2.05) is 19.9 Å². The van der Waals surface area contributed by atoms with E-state index in [1.54, 1.807) is 0 Å². The summed E-state index contributed by atoms with van der Waals surface area (Å²) in [6.07, 6.45) is 0. The van der Waals surface area contributed by atoms with E-state index in [-0.39, 0.29) is 23.3 Å². The van der Waals surface area contributed by atoms with Gasteiger partial charge in [0, 0.05) is 6.04 Å². The number of nitrogen functional groups attached to an aromatic ring is 1. The van der Waals surface area contributed by atoms with Crippen molar-refractivity contribution in [3.8, 4) is 11.9 Å². The maximum absolute atomic E-state index is 8.79. The Hall–Kier alpha value is -2.03. The number of aromatic nitrogens is 2. The molecule has 0 bridgehead atoms. The molecule has 0 aliphatic carbocycles. The second-order valence-corrected chi connectivity index (χ2v) is 3.23. The van der Waals surface area contributed by atoms with Gasteiger partial charge in [-0.15, -0.1) is 0 Å². The van der Waals surface area contributed by atoms with Crippen LogP contribution in [0, 0.1) is 11.3 Å². The zero-order chi connectivity index (χ0) is 11.4. The van der Waals surface area contributed by atoms with Crippen LogP contribution in [0.2, 0.25) is 0 Å². The van der Waals surface area contributed by atoms with Gasteiger partial charge in [-0.3, -0.25) is 0 Å². The SMILES string of the molecule is COc1nc(NC(C)C)nc(N)c1C#N. The summed E-state index contributed by atoms with van der Waals surface area (Å²) in [7, 11) is 1.43. The molecular formula is C9H13N5O. The fraction of sp³-hybridized carbons (Fsp3) is 0.444. The number of hydrogen-bond acceptors (Lipinski definition) is 6. The van der Waals surface area contributed by atoms with Crippen LogP contribution in [0.5, 0.6) is 5.88 Å². The molecule has 0 spiro atoms. The Morgan fingerprint density at radius 2 is 2.13 bits per heavy atom. The first-order chi connectivity index (χ1) is 7.08. The third kappa shape index (κ3) is 2.47. The number of nitriles is 1. The Kier molecular flexibility index (Phi) is 3.29. The van der Waals surface area contributed by atoms with Crippen LogP contribution in [0.1, 0.15) is 19.4 Å². The molecule has 3 N–H and O–H groups in total. The van der Waals surface area contributed by atoms with Crippen molar-refractivity contribution in [3.63, 3.8) is 0 Å². The van der Waals surface area contributed by atoms with Crippen molar-refractivity contribution in [2.45, 2.75) is 19.9 Å². The van der Waals surface area contributed by atoms with Crippen molar-refractivity contribution >= 4 is 11.8 Å². The quantitative estimate of drug-likeness (QED) is 0.759. The van der Waals surface area contributed by atoms with Crippen molar-refractivity contribution in [1.29, 1.82) is 5.26 Å². The van der Waals surface area contributed by atoms with Gasteiger partial charge >= 0.3 is 0 Å². The minimum absolute atomic E-state index is 0.118. The summed E-state index contributed by atoms with van der Waals surface area (Å²) < 4.78 is 4.95. The number of rotatable bonds is 3. The Morgan fingerprint density at radius 3 is 2.60 bits per heavy atom. The van der Waals surface area contributed by atoms with Crippen LogP contribution < -0.4 is 15.8 Å². The van der Waals surface area contributed by atoms with Crippen molar-refractivity contribution in [2.24, 2.45) is 0 Å². The highest BCUT2D eigenvalue weighted by Crippen LogP contribution is 2.21. The first-order valence-corrected chi connectivity index (χ1v) is 4.46. The summed E-state index contributed by atoms with van der Waals surface area (Å²) in [6.45, 7) is 3.90. The molecule has 15 heavy (non-hydrogen) atoms. The van der Waals surface area contributed by atoms with Gasteiger partial charge in [-0.2, -0.15) is 15.2 Å². The van der Waals surface area contributed by atoms with E-state index in [2.05, 4.69) is 15.3 Å². The van der Waals surface area contributed by atoms with Gasteiger partial charge in [0.25, 0.3) is 0 Å². The number of nitrogens with one attached hydrogen (secondary N) is 1. The third-order valence-corrected chi connectivity index (χ3v) is 1.63. The van der Waals surface area contributed by atoms with E-state index in [4.69, 9.17) is 15.7 Å². The average molecular weight is 207 g/mol. The topological polar surface area (TPSA) is 96.8 Å². The van der Waals surface area contributed by atoms with Gasteiger partial charge < -0.3 is 15.8 Å². The lowest BCUT2D eigenvalue weighted by atomic mass is 10.3. The van der Waals surface area contributed by atoms with Gasteiger partial charge in [-0.05, 0) is 13.8 Å². The van der Waals surface area contributed by atoms with Gasteiger partial charge in [0.2, 0.25) is 11.8 Å². The van der Waals surface area contributed by atoms with Crippen LogP contribution >= 0.6 is 0 Å². The van der Waals surface area contributed by atoms with E-state index >= 15 is 0 Å². The molecule has 0 aromatic carbocycles. The number of anilines is 2. The maximum atomic E-state index is 8.79. The van der Waals surface area contributed by atoms with Crippen molar-refractivity contribution in [1.82, 2.24) is 9.97 Å². The normalized spacial score (nSPS) is 9.80. The molecule has 0 unspecified atom stereocenters. The van der Waals surface area contributed by atoms with Gasteiger partial charge in [0.15, 0.2) is 11.4 Å². The molecule has 0 saturated heterocycles. The average Bonchev–Trinajstić information content (AvgIpc) is 2.15. The van der Waals surface area contributed by atoms with E-state index in [0.29, 0.717) is 5.95 Å². The largest absolute Gasteiger partial charge is 0.480 e. The molecule has 6 heteroatoms. The molecule has 0 saturated carbocycles. The Labute approximate surface area is 88.1 Å². The van der Waals surface area contributed by atoms with Gasteiger partial charge in [0.1, 0.15) is 6.07 Å². The predicted octanol–water partition coefficient (Wildman–Crippen LogP) is 0.759. The number of hydrogen-bond donors (Lipinski definition) is 2. The van der Waals surface area contributed by atoms with Crippen LogP contribution in [0.4, 0.5) is 11.8 Å². The Balaban J connectivity index is 3.15. The van der Waals surface area contributed by atoms with Crippen LogP contribution in [0.15, 0.2) is 0 Å². The molecule has 0 radical (unpaired) electrons. The second-order valence-electron chi connectivity index (χ2n) is 3.23. The van der Waals surface area contributed by atoms with E-state index in [9.17, 15) is 0 Å². The number of methoxy groups -OCH3 is 1. The lowest BCUT2D eigenvalue weighted by molar-refractivity contribution is 0.396. The Morgan fingerprint density at radius 1 is 1.47 bits per heavy atom. The van der Waals surface area contributed by atoms with Crippen LogP contribution in [-0.4, -0.2) is 23.1 Å². The molecule has 80 valence electrons. The molecular weight excluding hydrogens is 194 g/mol. The molecule has 0 fully saturated rings. The monoisotopic (exact) mass is 207 g/mol. The summed E-state index contributed by atoms with van der Waals surface area (Å²) in [4.78, 5) is 7.96. The summed E-state index contributed by atoms with van der Waals surface area (Å²) >= 11 is 0. The minimum Gasteiger partial charge on any atom is -0.480 e. The highest BCUT2D eigenvalue weighted by molar-refractivity contribution is 5.56. The van der Waals surface area contributed by atoms with E-state index in [1.165, 1.54) is 7.11 Å². The third-order valence-electron chi connectivity index (χ3n) is 1.63. The first kappa shape index (κ1) is 11.0. The minimum atomic E-state index is 0.118. The van der Waals surface area contributed by atoms with Crippen molar-refractivity contribution < 1.29 is 4.74 Å². The second kappa shape index (κ2) is 4.46. The van der Waals surface area contributed by atoms with Gasteiger partial charge in [0.05, 0.1) is 7.11 Å². The zero-order valence-corrected chi connectivity index (χ0v) is 8.90. The Bertz CT molecular complexity index is 396. The summed E-state index contributed by atoms with van der Waals surface area (Å²) in [5.41, 5.74) is 5.75. The van der Waals surface area contributed by atoms with Crippen LogP contribution in [0.3, 0.4) is 0 Å². The fourth-order valence-corrected chi connectivity index (χ4v) is 1.03. The number of nitrogens with zero attached hydrogens (tertiary/aromatic N) is 3. The number of ether oxygens (including phenoxy) is 1. The molecule has 0 atom stereocenters. The molecule has 0 aliphatic heterocycles. The smallest absolute Gasteiger partial charge is 0.238 e. The summed E-state index contributed by atoms with van der Waals surface area (Å²) in [6, 6.07) is 2.07. The lowest BCUT2D eigenvalue weighted by Crippen LogP contribution is -2.14. The van der Waals surface area contributed by atoms with E-state index in [0.717, 1.165) is 0 Å². The van der Waals surface area contributed by atoms with Crippen LogP contribution in [0.25, 0.3) is 0 Å². The molecule has 0 amide bonds. The van der Waals surface area contributed by atoms with E-state index < -0.39 is 0 Å². The molecule has 1 rings (SSSR count). The lowest BCUT2D eigenvalue weighted by Gasteiger charge is -2.10. The standard InChI is InChI=1S/C9H13N5O/c1-5(2)12-9-13-7(11)6(4-10)8(14-9)15-3/h5H,1-3H3,(H3,11,12,13,14).